The molecule has 0 radical (unpaired) electrons. The van der Waals surface area contributed by atoms with Gasteiger partial charge in [0.2, 0.25) is 0 Å². The van der Waals surface area contributed by atoms with Gasteiger partial charge in [-0.2, -0.15) is 0 Å². The van der Waals surface area contributed by atoms with Crippen molar-refractivity contribution < 1.29 is 4.79 Å². The van der Waals surface area contributed by atoms with Crippen LogP contribution in [0.25, 0.3) is 10.8 Å². The third kappa shape index (κ3) is 3.80. The summed E-state index contributed by atoms with van der Waals surface area (Å²) in [6, 6.07) is 3.23. The summed E-state index contributed by atoms with van der Waals surface area (Å²) in [6.45, 7) is 13.9. The van der Waals surface area contributed by atoms with Gasteiger partial charge in [-0.1, -0.05) is 14.7 Å². The van der Waals surface area contributed by atoms with Crippen LogP contribution in [0, 0.1) is 13.8 Å². The lowest BCUT2D eigenvalue weighted by Crippen LogP contribution is -2.54. The largest absolute Gasteiger partial charge is 0.368 e. The van der Waals surface area contributed by atoms with E-state index in [4.69, 9.17) is 0 Å². The predicted molar refractivity (Wildman–Crippen MR) is 132 cm³/mol. The van der Waals surface area contributed by atoms with Crippen molar-refractivity contribution >= 4 is 25.3 Å². The van der Waals surface area contributed by atoms with E-state index in [-0.39, 0.29) is 11.7 Å². The van der Waals surface area contributed by atoms with Crippen LogP contribution in [0.1, 0.15) is 37.7 Å². The highest BCUT2D eigenvalue weighted by atomic mass is 31.1. The fourth-order valence-electron chi connectivity index (χ4n) is 5.17. The van der Waals surface area contributed by atoms with Crippen molar-refractivity contribution in [3.63, 3.8) is 0 Å². The molecule has 32 heavy (non-hydrogen) atoms. The van der Waals surface area contributed by atoms with Gasteiger partial charge < -0.3 is 14.2 Å². The van der Waals surface area contributed by atoms with E-state index in [2.05, 4.69) is 70.6 Å². The summed E-state index contributed by atoms with van der Waals surface area (Å²) in [5.74, 6) is 0.172. The second-order valence-corrected chi connectivity index (χ2v) is 10.8. The molecule has 0 bridgehead atoms. The van der Waals surface area contributed by atoms with Crippen molar-refractivity contribution in [3.05, 3.63) is 65.5 Å². The maximum atomic E-state index is 13.1. The highest BCUT2D eigenvalue weighted by Gasteiger charge is 2.32. The normalized spacial score (nSPS) is 25.0. The first-order chi connectivity index (χ1) is 15.3. The summed E-state index contributed by atoms with van der Waals surface area (Å²) in [4.78, 5) is 24.6. The molecule has 168 valence electrons. The highest BCUT2D eigenvalue weighted by molar-refractivity contribution is 7.51. The molecular weight excluding hydrogens is 417 g/mol. The molecule has 0 N–H and O–H groups in total. The summed E-state index contributed by atoms with van der Waals surface area (Å²) < 4.78 is 2.13. The lowest BCUT2D eigenvalue weighted by atomic mass is 10.1. The van der Waals surface area contributed by atoms with Crippen molar-refractivity contribution in [2.75, 3.05) is 19.6 Å². The fraction of sp³-hybridized carbons (Fsp3) is 0.440. The Labute approximate surface area is 192 Å². The Bertz CT molecular complexity index is 1160. The maximum Gasteiger partial charge on any atom is 0.252 e. The fourth-order valence-corrected chi connectivity index (χ4v) is 6.53. The van der Waals surface area contributed by atoms with E-state index in [1.54, 1.807) is 0 Å². The summed E-state index contributed by atoms with van der Waals surface area (Å²) >= 11 is 0. The molecule has 0 aromatic carbocycles. The first-order valence-electron chi connectivity index (χ1n) is 11.5. The van der Waals surface area contributed by atoms with Gasteiger partial charge in [0.25, 0.3) is 5.91 Å². The Morgan fingerprint density at radius 1 is 1.19 bits per heavy atom. The van der Waals surface area contributed by atoms with E-state index in [1.807, 2.05) is 31.0 Å². The molecule has 3 aliphatic heterocycles. The van der Waals surface area contributed by atoms with E-state index in [0.717, 1.165) is 53.1 Å². The lowest BCUT2D eigenvalue weighted by Gasteiger charge is -2.44. The smallest absolute Gasteiger partial charge is 0.252 e. The van der Waals surface area contributed by atoms with Gasteiger partial charge in [-0.25, -0.2) is 0 Å². The first-order valence-corrected chi connectivity index (χ1v) is 12.6. The number of amides is 1. The number of allylic oxidation sites excluding steroid dienone is 1. The quantitative estimate of drug-likeness (QED) is 0.666. The number of nitrogens with zero attached hydrogens (tertiary/aromatic N) is 5. The van der Waals surface area contributed by atoms with Gasteiger partial charge in [-0.3, -0.25) is 14.7 Å². The second-order valence-electron chi connectivity index (χ2n) is 9.42. The van der Waals surface area contributed by atoms with Crippen LogP contribution < -0.4 is 0 Å². The average molecular weight is 450 g/mol. The van der Waals surface area contributed by atoms with Gasteiger partial charge >= 0.3 is 0 Å². The second kappa shape index (κ2) is 8.17. The number of hydrogen-bond donors (Lipinski definition) is 0. The Balaban J connectivity index is 1.37. The van der Waals surface area contributed by atoms with Crippen LogP contribution >= 0.6 is 8.58 Å². The molecule has 1 amide bonds. The van der Waals surface area contributed by atoms with Gasteiger partial charge in [0.1, 0.15) is 0 Å². The van der Waals surface area contributed by atoms with Crippen molar-refractivity contribution in [3.8, 4) is 0 Å². The van der Waals surface area contributed by atoms with Crippen LogP contribution in [-0.2, 0) is 4.79 Å². The minimum atomic E-state index is 0.0701. The summed E-state index contributed by atoms with van der Waals surface area (Å²) in [7, 11) is 0.525. The minimum Gasteiger partial charge on any atom is -0.368 e. The Morgan fingerprint density at radius 2 is 2.00 bits per heavy atom. The number of hydrogen-bond acceptors (Lipinski definition) is 4. The standard InChI is InChI=1S/C25H32N5OP/c1-16(2)29-9-8-27(13-18(29)4)21-6-7-25-30(15-21)24(31)11-23(32-25)20-10-22-19(5)26-17(3)12-28(22)14-20/h6-7,10-12,14-16,18,25,32H,8-9,13H2,1-5H3/t18-,25?/m1/s1. The van der Waals surface area contributed by atoms with E-state index in [9.17, 15) is 4.79 Å². The topological polar surface area (TPSA) is 44.1 Å². The number of aryl methyl sites for hydroxylation is 2. The van der Waals surface area contributed by atoms with Gasteiger partial charge in [0.05, 0.1) is 28.4 Å². The molecule has 1 saturated heterocycles. The summed E-state index contributed by atoms with van der Waals surface area (Å²) in [5.41, 5.74) is 5.38. The molecule has 3 atom stereocenters. The van der Waals surface area contributed by atoms with E-state index < -0.39 is 0 Å². The Hall–Kier alpha value is -2.43. The van der Waals surface area contributed by atoms with Gasteiger partial charge in [-0.15, -0.1) is 0 Å². The molecule has 7 heteroatoms. The summed E-state index contributed by atoms with van der Waals surface area (Å²) in [6.07, 6.45) is 12.5. The minimum absolute atomic E-state index is 0.0701. The molecule has 2 aromatic heterocycles. The Morgan fingerprint density at radius 3 is 2.75 bits per heavy atom. The monoisotopic (exact) mass is 449 g/mol. The highest BCUT2D eigenvalue weighted by Crippen LogP contribution is 2.45. The van der Waals surface area contributed by atoms with Crippen LogP contribution in [0.4, 0.5) is 0 Å². The maximum absolute atomic E-state index is 13.1. The lowest BCUT2D eigenvalue weighted by molar-refractivity contribution is -0.123. The number of rotatable bonds is 3. The molecule has 1 fully saturated rings. The molecule has 3 aliphatic rings. The van der Waals surface area contributed by atoms with E-state index in [1.165, 1.54) is 0 Å². The van der Waals surface area contributed by atoms with E-state index in [0.29, 0.717) is 20.7 Å². The molecular formula is C25H32N5OP. The van der Waals surface area contributed by atoms with Crippen molar-refractivity contribution in [2.45, 2.75) is 52.5 Å². The van der Waals surface area contributed by atoms with Crippen LogP contribution in [0.3, 0.4) is 0 Å². The number of piperazine rings is 1. The zero-order chi connectivity index (χ0) is 22.6. The molecule has 0 aliphatic carbocycles. The van der Waals surface area contributed by atoms with Gasteiger partial charge in [0.15, 0.2) is 0 Å². The zero-order valence-electron chi connectivity index (χ0n) is 19.5. The third-order valence-electron chi connectivity index (χ3n) is 6.75. The van der Waals surface area contributed by atoms with Crippen LogP contribution in [-0.4, -0.2) is 67.5 Å². The molecule has 0 saturated carbocycles. The van der Waals surface area contributed by atoms with Gasteiger partial charge in [-0.05, 0) is 52.1 Å². The van der Waals surface area contributed by atoms with E-state index >= 15 is 0 Å². The number of aromatic nitrogens is 2. The number of carbonyl (C=O) groups excluding carboxylic acids is 1. The van der Waals surface area contributed by atoms with Crippen molar-refractivity contribution in [1.82, 2.24) is 24.1 Å². The van der Waals surface area contributed by atoms with Crippen LogP contribution in [0.2, 0.25) is 0 Å². The molecule has 6 nitrogen and oxygen atoms in total. The van der Waals surface area contributed by atoms with Gasteiger partial charge in [0, 0.05) is 62.0 Å². The molecule has 5 heterocycles. The molecule has 0 spiro atoms. The predicted octanol–water partition coefficient (Wildman–Crippen LogP) is 3.96. The third-order valence-corrected chi connectivity index (χ3v) is 8.26. The molecule has 5 rings (SSSR count). The molecule has 2 unspecified atom stereocenters. The number of carbonyl (C=O) groups is 1. The SMILES string of the molecule is Cc1cn2cc(C3=CC(=O)N4C=C(N5CCN(C(C)C)[C@H](C)C5)C=CC4P3)cc2c(C)n1. The Kier molecular flexibility index (Phi) is 5.47. The van der Waals surface area contributed by atoms with Crippen LogP contribution in [0.5, 0.6) is 0 Å². The average Bonchev–Trinajstić information content (AvgIpc) is 3.17. The first kappa shape index (κ1) is 21.4. The zero-order valence-corrected chi connectivity index (χ0v) is 20.5. The van der Waals surface area contributed by atoms with Crippen LogP contribution in [0.15, 0.2) is 48.6 Å². The van der Waals surface area contributed by atoms with Crippen molar-refractivity contribution in [1.29, 1.82) is 0 Å². The van der Waals surface area contributed by atoms with Crippen molar-refractivity contribution in [2.24, 2.45) is 0 Å². The summed E-state index contributed by atoms with van der Waals surface area (Å²) in [5, 5.41) is 1.12. The molecule has 2 aromatic rings. The number of fused-ring (bicyclic) bond motifs is 2.